The molecule has 1 N–H and O–H groups in total. The highest BCUT2D eigenvalue weighted by Crippen LogP contribution is 2.23. The van der Waals surface area contributed by atoms with Crippen LogP contribution in [0.15, 0.2) is 59.1 Å². The number of rotatable bonds is 6. The zero-order valence-corrected chi connectivity index (χ0v) is 14.8. The molecule has 3 rings (SSSR count). The number of hydrogen-bond acceptors (Lipinski definition) is 3. The second-order valence-corrected chi connectivity index (χ2v) is 6.30. The van der Waals surface area contributed by atoms with Gasteiger partial charge in [0.25, 0.3) is 0 Å². The summed E-state index contributed by atoms with van der Waals surface area (Å²) in [4.78, 5) is 16.3. The van der Waals surface area contributed by atoms with Gasteiger partial charge < -0.3 is 9.73 Å². The number of nitrogens with zero attached hydrogens (tertiary/aromatic N) is 1. The van der Waals surface area contributed by atoms with Crippen molar-refractivity contribution in [2.24, 2.45) is 0 Å². The molecule has 0 bridgehead atoms. The zero-order valence-electron chi connectivity index (χ0n) is 14.8. The molecule has 3 aromatic rings. The first-order valence-corrected chi connectivity index (χ1v) is 8.58. The molecule has 1 amide bonds. The number of benzene rings is 2. The summed E-state index contributed by atoms with van der Waals surface area (Å²) < 4.78 is 19.3. The summed E-state index contributed by atoms with van der Waals surface area (Å²) in [6.45, 7) is 3.98. The largest absolute Gasteiger partial charge is 0.441 e. The number of halogens is 1. The van der Waals surface area contributed by atoms with E-state index < -0.39 is 0 Å². The maximum Gasteiger partial charge on any atom is 0.220 e. The maximum absolute atomic E-state index is 13.8. The van der Waals surface area contributed by atoms with E-state index in [9.17, 15) is 9.18 Å². The fraction of sp³-hybridized carbons (Fsp3) is 0.238. The van der Waals surface area contributed by atoms with Crippen molar-refractivity contribution >= 4 is 5.91 Å². The number of oxazole rings is 1. The summed E-state index contributed by atoms with van der Waals surface area (Å²) in [7, 11) is 0. The van der Waals surface area contributed by atoms with Crippen molar-refractivity contribution in [3.8, 4) is 11.3 Å². The Bertz CT molecular complexity index is 887. The Hall–Kier alpha value is -2.95. The number of carbonyl (C=O) groups is 1. The number of carbonyl (C=O) groups excluding carboxylic acids is 1. The molecule has 26 heavy (non-hydrogen) atoms. The Morgan fingerprint density at radius 1 is 1.19 bits per heavy atom. The SMILES string of the molecule is Cc1ccc(C(C)NC(=O)CCc2ncc(-c3ccccc3F)o2)cc1. The fourth-order valence-electron chi connectivity index (χ4n) is 2.68. The standard InChI is InChI=1S/C21H21FN2O2/c1-14-7-9-16(10-8-14)15(2)24-20(25)11-12-21-23-13-19(26-21)17-5-3-4-6-18(17)22/h3-10,13,15H,11-12H2,1-2H3,(H,24,25). The van der Waals surface area contributed by atoms with E-state index in [1.54, 1.807) is 18.2 Å². The van der Waals surface area contributed by atoms with Gasteiger partial charge in [0.05, 0.1) is 17.8 Å². The molecule has 2 aromatic carbocycles. The van der Waals surface area contributed by atoms with Gasteiger partial charge in [-0.1, -0.05) is 42.0 Å². The van der Waals surface area contributed by atoms with E-state index in [2.05, 4.69) is 10.3 Å². The predicted octanol–water partition coefficient (Wildman–Crippen LogP) is 4.60. The smallest absolute Gasteiger partial charge is 0.220 e. The van der Waals surface area contributed by atoms with Crippen LogP contribution in [0.2, 0.25) is 0 Å². The van der Waals surface area contributed by atoms with Crippen LogP contribution < -0.4 is 5.32 Å². The van der Waals surface area contributed by atoms with Gasteiger partial charge >= 0.3 is 0 Å². The molecule has 0 spiro atoms. The van der Waals surface area contributed by atoms with E-state index >= 15 is 0 Å². The van der Waals surface area contributed by atoms with Crippen LogP contribution in [0.5, 0.6) is 0 Å². The van der Waals surface area contributed by atoms with E-state index in [1.807, 2.05) is 38.1 Å². The Balaban J connectivity index is 1.55. The molecular formula is C21H21FN2O2. The van der Waals surface area contributed by atoms with Gasteiger partial charge in [-0.15, -0.1) is 0 Å². The van der Waals surface area contributed by atoms with Crippen LogP contribution in [0.4, 0.5) is 4.39 Å². The molecule has 0 radical (unpaired) electrons. The second kappa shape index (κ2) is 7.95. The van der Waals surface area contributed by atoms with Gasteiger partial charge in [0.1, 0.15) is 5.82 Å². The molecule has 1 heterocycles. The van der Waals surface area contributed by atoms with Crippen molar-refractivity contribution in [3.05, 3.63) is 77.6 Å². The first kappa shape index (κ1) is 17.9. The molecule has 134 valence electrons. The number of aryl methyl sites for hydroxylation is 2. The quantitative estimate of drug-likeness (QED) is 0.705. The molecule has 1 atom stereocenters. The van der Waals surface area contributed by atoms with Crippen LogP contribution in [-0.2, 0) is 11.2 Å². The molecule has 1 unspecified atom stereocenters. The molecule has 0 aliphatic heterocycles. The molecule has 0 fully saturated rings. The van der Waals surface area contributed by atoms with Gasteiger partial charge in [0, 0.05) is 12.8 Å². The highest BCUT2D eigenvalue weighted by Gasteiger charge is 2.13. The molecule has 5 heteroatoms. The van der Waals surface area contributed by atoms with Crippen molar-refractivity contribution in [1.29, 1.82) is 0 Å². The Morgan fingerprint density at radius 2 is 1.92 bits per heavy atom. The van der Waals surface area contributed by atoms with E-state index in [1.165, 1.54) is 17.8 Å². The van der Waals surface area contributed by atoms with Crippen molar-refractivity contribution in [2.45, 2.75) is 32.7 Å². The third-order valence-electron chi connectivity index (χ3n) is 4.21. The topological polar surface area (TPSA) is 55.1 Å². The monoisotopic (exact) mass is 352 g/mol. The molecule has 0 saturated heterocycles. The zero-order chi connectivity index (χ0) is 18.5. The van der Waals surface area contributed by atoms with Crippen molar-refractivity contribution in [3.63, 3.8) is 0 Å². The highest BCUT2D eigenvalue weighted by molar-refractivity contribution is 5.76. The van der Waals surface area contributed by atoms with Crippen LogP contribution in [0.3, 0.4) is 0 Å². The van der Waals surface area contributed by atoms with Gasteiger partial charge in [0.15, 0.2) is 11.7 Å². The first-order chi connectivity index (χ1) is 12.5. The van der Waals surface area contributed by atoms with Gasteiger partial charge in [-0.3, -0.25) is 4.79 Å². The predicted molar refractivity (Wildman–Crippen MR) is 98.0 cm³/mol. The minimum absolute atomic E-state index is 0.0679. The van der Waals surface area contributed by atoms with Crippen molar-refractivity contribution in [1.82, 2.24) is 10.3 Å². The van der Waals surface area contributed by atoms with Gasteiger partial charge in [-0.25, -0.2) is 9.37 Å². The lowest BCUT2D eigenvalue weighted by molar-refractivity contribution is -0.121. The van der Waals surface area contributed by atoms with Gasteiger partial charge in [0.2, 0.25) is 5.91 Å². The second-order valence-electron chi connectivity index (χ2n) is 6.30. The fourth-order valence-corrected chi connectivity index (χ4v) is 2.68. The summed E-state index contributed by atoms with van der Waals surface area (Å²) in [6, 6.07) is 14.4. The van der Waals surface area contributed by atoms with Crippen LogP contribution in [0.1, 0.15) is 36.4 Å². The number of aromatic nitrogens is 1. The lowest BCUT2D eigenvalue weighted by Crippen LogP contribution is -2.26. The van der Waals surface area contributed by atoms with E-state index in [4.69, 9.17) is 4.42 Å². The number of nitrogens with one attached hydrogen (secondary N) is 1. The van der Waals surface area contributed by atoms with E-state index in [-0.39, 0.29) is 24.2 Å². The van der Waals surface area contributed by atoms with Crippen molar-refractivity contribution < 1.29 is 13.6 Å². The molecule has 0 aliphatic carbocycles. The highest BCUT2D eigenvalue weighted by atomic mass is 19.1. The first-order valence-electron chi connectivity index (χ1n) is 8.58. The minimum atomic E-state index is -0.361. The van der Waals surface area contributed by atoms with E-state index in [0.29, 0.717) is 23.6 Å². The normalized spacial score (nSPS) is 12.0. The minimum Gasteiger partial charge on any atom is -0.441 e. The Kier molecular flexibility index (Phi) is 5.46. The summed E-state index contributed by atoms with van der Waals surface area (Å²) in [5, 5.41) is 2.97. The number of amides is 1. The Labute approximate surface area is 152 Å². The average molecular weight is 352 g/mol. The summed E-state index contributed by atoms with van der Waals surface area (Å²) in [6.07, 6.45) is 2.11. The summed E-state index contributed by atoms with van der Waals surface area (Å²) >= 11 is 0. The average Bonchev–Trinajstić information content (AvgIpc) is 3.09. The summed E-state index contributed by atoms with van der Waals surface area (Å²) in [5.41, 5.74) is 2.60. The van der Waals surface area contributed by atoms with Crippen LogP contribution in [0.25, 0.3) is 11.3 Å². The van der Waals surface area contributed by atoms with Crippen molar-refractivity contribution in [2.75, 3.05) is 0 Å². The van der Waals surface area contributed by atoms with Crippen LogP contribution in [0, 0.1) is 12.7 Å². The third-order valence-corrected chi connectivity index (χ3v) is 4.21. The molecule has 0 aliphatic rings. The summed E-state index contributed by atoms with van der Waals surface area (Å²) in [5.74, 6) is 0.344. The Morgan fingerprint density at radius 3 is 2.65 bits per heavy atom. The van der Waals surface area contributed by atoms with Crippen LogP contribution in [-0.4, -0.2) is 10.9 Å². The van der Waals surface area contributed by atoms with Gasteiger partial charge in [-0.05, 0) is 31.5 Å². The maximum atomic E-state index is 13.8. The van der Waals surface area contributed by atoms with E-state index in [0.717, 1.165) is 5.56 Å². The lowest BCUT2D eigenvalue weighted by atomic mass is 10.1. The van der Waals surface area contributed by atoms with Gasteiger partial charge in [-0.2, -0.15) is 0 Å². The van der Waals surface area contributed by atoms with Crippen LogP contribution >= 0.6 is 0 Å². The third kappa shape index (κ3) is 4.36. The lowest BCUT2D eigenvalue weighted by Gasteiger charge is -2.14. The molecule has 0 saturated carbocycles. The molecular weight excluding hydrogens is 331 g/mol. The number of hydrogen-bond donors (Lipinski definition) is 1. The molecule has 4 nitrogen and oxygen atoms in total. The molecule has 1 aromatic heterocycles.